The van der Waals surface area contributed by atoms with Crippen LogP contribution in [0.3, 0.4) is 0 Å². The van der Waals surface area contributed by atoms with Crippen LogP contribution in [0.5, 0.6) is 0 Å². The molecular formula is C10H9ClF4. The van der Waals surface area contributed by atoms with Gasteiger partial charge in [-0.3, -0.25) is 0 Å². The molecule has 0 saturated heterocycles. The van der Waals surface area contributed by atoms with Crippen molar-refractivity contribution in [1.82, 2.24) is 0 Å². The summed E-state index contributed by atoms with van der Waals surface area (Å²) in [6, 6.07) is 4.14. The van der Waals surface area contributed by atoms with Crippen LogP contribution < -0.4 is 0 Å². The Morgan fingerprint density at radius 2 is 1.87 bits per heavy atom. The van der Waals surface area contributed by atoms with Gasteiger partial charge in [0.1, 0.15) is 5.82 Å². The van der Waals surface area contributed by atoms with Crippen molar-refractivity contribution in [2.75, 3.05) is 0 Å². The molecule has 0 saturated carbocycles. The average molecular weight is 241 g/mol. The lowest BCUT2D eigenvalue weighted by Gasteiger charge is -2.07. The SMILES string of the molecule is Fc1cccc(CCCC(F)(F)F)c1Cl. The van der Waals surface area contributed by atoms with Gasteiger partial charge in [-0.15, -0.1) is 0 Å². The van der Waals surface area contributed by atoms with Gasteiger partial charge in [0.25, 0.3) is 0 Å². The lowest BCUT2D eigenvalue weighted by atomic mass is 10.1. The number of benzene rings is 1. The van der Waals surface area contributed by atoms with Crippen molar-refractivity contribution in [3.05, 3.63) is 34.6 Å². The molecule has 0 radical (unpaired) electrons. The molecule has 84 valence electrons. The zero-order valence-corrected chi connectivity index (χ0v) is 8.50. The third-order valence-electron chi connectivity index (χ3n) is 1.94. The number of hydrogen-bond donors (Lipinski definition) is 0. The molecule has 0 nitrogen and oxygen atoms in total. The normalized spacial score (nSPS) is 11.8. The fraction of sp³-hybridized carbons (Fsp3) is 0.400. The van der Waals surface area contributed by atoms with Crippen molar-refractivity contribution >= 4 is 11.6 Å². The second kappa shape index (κ2) is 4.84. The molecule has 15 heavy (non-hydrogen) atoms. The number of hydrogen-bond acceptors (Lipinski definition) is 0. The molecule has 0 aliphatic rings. The maximum Gasteiger partial charge on any atom is 0.389 e. The van der Waals surface area contributed by atoms with Crippen LogP contribution in [0.2, 0.25) is 5.02 Å². The van der Waals surface area contributed by atoms with E-state index in [4.69, 9.17) is 11.6 Å². The topological polar surface area (TPSA) is 0 Å². The van der Waals surface area contributed by atoms with E-state index < -0.39 is 18.4 Å². The summed E-state index contributed by atoms with van der Waals surface area (Å²) < 4.78 is 48.4. The Kier molecular flexibility index (Phi) is 3.97. The lowest BCUT2D eigenvalue weighted by Crippen LogP contribution is -2.07. The molecule has 0 amide bonds. The Morgan fingerprint density at radius 1 is 1.20 bits per heavy atom. The van der Waals surface area contributed by atoms with Crippen molar-refractivity contribution in [2.45, 2.75) is 25.4 Å². The molecule has 0 aliphatic carbocycles. The van der Waals surface area contributed by atoms with E-state index in [1.165, 1.54) is 18.2 Å². The highest BCUT2D eigenvalue weighted by Gasteiger charge is 2.26. The van der Waals surface area contributed by atoms with Crippen LogP contribution in [0.1, 0.15) is 18.4 Å². The summed E-state index contributed by atoms with van der Waals surface area (Å²) in [7, 11) is 0. The van der Waals surface area contributed by atoms with Gasteiger partial charge in [-0.1, -0.05) is 23.7 Å². The first-order chi connectivity index (χ1) is 6.90. The summed E-state index contributed by atoms with van der Waals surface area (Å²) in [5.74, 6) is -0.596. The van der Waals surface area contributed by atoms with Gasteiger partial charge in [0.05, 0.1) is 5.02 Å². The number of halogens is 5. The van der Waals surface area contributed by atoms with Crippen LogP contribution in [0.15, 0.2) is 18.2 Å². The maximum atomic E-state index is 12.9. The van der Waals surface area contributed by atoms with Gasteiger partial charge >= 0.3 is 6.18 Å². The van der Waals surface area contributed by atoms with E-state index >= 15 is 0 Å². The Morgan fingerprint density at radius 3 is 2.47 bits per heavy atom. The van der Waals surface area contributed by atoms with E-state index in [1.807, 2.05) is 0 Å². The van der Waals surface area contributed by atoms with Crippen LogP contribution >= 0.6 is 11.6 Å². The number of alkyl halides is 3. The van der Waals surface area contributed by atoms with E-state index in [-0.39, 0.29) is 17.9 Å². The molecule has 0 aromatic heterocycles. The number of rotatable bonds is 3. The van der Waals surface area contributed by atoms with E-state index in [2.05, 4.69) is 0 Å². The third kappa shape index (κ3) is 4.08. The highest BCUT2D eigenvalue weighted by atomic mass is 35.5. The summed E-state index contributed by atoms with van der Waals surface area (Å²) >= 11 is 5.59. The first-order valence-electron chi connectivity index (χ1n) is 4.40. The zero-order valence-electron chi connectivity index (χ0n) is 7.74. The van der Waals surface area contributed by atoms with Crippen LogP contribution in [0, 0.1) is 5.82 Å². The molecule has 1 aromatic rings. The predicted octanol–water partition coefficient (Wildman–Crippen LogP) is 4.36. The highest BCUT2D eigenvalue weighted by Crippen LogP contribution is 2.25. The molecular weight excluding hydrogens is 232 g/mol. The second-order valence-electron chi connectivity index (χ2n) is 3.18. The lowest BCUT2D eigenvalue weighted by molar-refractivity contribution is -0.135. The molecule has 0 N–H and O–H groups in total. The molecule has 1 rings (SSSR count). The van der Waals surface area contributed by atoms with Gasteiger partial charge in [0.15, 0.2) is 0 Å². The van der Waals surface area contributed by atoms with E-state index in [0.29, 0.717) is 5.56 Å². The van der Waals surface area contributed by atoms with Crippen molar-refractivity contribution < 1.29 is 17.6 Å². The van der Waals surface area contributed by atoms with Crippen LogP contribution in [-0.2, 0) is 6.42 Å². The van der Waals surface area contributed by atoms with Gasteiger partial charge in [-0.05, 0) is 24.5 Å². The van der Waals surface area contributed by atoms with Crippen molar-refractivity contribution in [1.29, 1.82) is 0 Å². The fourth-order valence-electron chi connectivity index (χ4n) is 1.22. The molecule has 0 unspecified atom stereocenters. The quantitative estimate of drug-likeness (QED) is 0.689. The Bertz CT molecular complexity index is 333. The standard InChI is InChI=1S/C10H9ClF4/c11-9-7(3-1-5-8(9)12)4-2-6-10(13,14)15/h1,3,5H,2,4,6H2. The molecule has 0 heterocycles. The first kappa shape index (κ1) is 12.3. The van der Waals surface area contributed by atoms with Crippen molar-refractivity contribution in [3.63, 3.8) is 0 Å². The fourth-order valence-corrected chi connectivity index (χ4v) is 1.44. The third-order valence-corrected chi connectivity index (χ3v) is 2.36. The minimum atomic E-state index is -4.17. The molecule has 0 bridgehead atoms. The minimum Gasteiger partial charge on any atom is -0.205 e. The van der Waals surface area contributed by atoms with Gasteiger partial charge in [0, 0.05) is 6.42 Å². The smallest absolute Gasteiger partial charge is 0.205 e. The predicted molar refractivity (Wildman–Crippen MR) is 50.4 cm³/mol. The monoisotopic (exact) mass is 240 g/mol. The zero-order chi connectivity index (χ0) is 11.5. The van der Waals surface area contributed by atoms with Gasteiger partial charge in [-0.25, -0.2) is 4.39 Å². The van der Waals surface area contributed by atoms with Crippen molar-refractivity contribution in [3.8, 4) is 0 Å². The second-order valence-corrected chi connectivity index (χ2v) is 3.56. The van der Waals surface area contributed by atoms with E-state index in [9.17, 15) is 17.6 Å². The van der Waals surface area contributed by atoms with E-state index in [0.717, 1.165) is 0 Å². The molecule has 1 aromatic carbocycles. The summed E-state index contributed by atoms with van der Waals surface area (Å²) in [4.78, 5) is 0. The minimum absolute atomic E-state index is 0.0767. The number of aryl methyl sites for hydroxylation is 1. The molecule has 5 heteroatoms. The van der Waals surface area contributed by atoms with Crippen LogP contribution in [-0.4, -0.2) is 6.18 Å². The summed E-state index contributed by atoms with van der Waals surface area (Å²) in [6.07, 6.45) is -4.98. The Balaban J connectivity index is 2.55. The summed E-state index contributed by atoms with van der Waals surface area (Å²) in [5.41, 5.74) is 0.418. The molecule has 0 atom stereocenters. The Hall–Kier alpha value is -0.770. The average Bonchev–Trinajstić information content (AvgIpc) is 2.10. The molecule has 0 spiro atoms. The largest absolute Gasteiger partial charge is 0.389 e. The van der Waals surface area contributed by atoms with Crippen LogP contribution in [0.4, 0.5) is 17.6 Å². The van der Waals surface area contributed by atoms with Crippen molar-refractivity contribution in [2.24, 2.45) is 0 Å². The van der Waals surface area contributed by atoms with Gasteiger partial charge in [-0.2, -0.15) is 13.2 Å². The van der Waals surface area contributed by atoms with Crippen LogP contribution in [0.25, 0.3) is 0 Å². The van der Waals surface area contributed by atoms with Gasteiger partial charge in [0.2, 0.25) is 0 Å². The first-order valence-corrected chi connectivity index (χ1v) is 4.77. The van der Waals surface area contributed by atoms with E-state index in [1.54, 1.807) is 0 Å². The molecule has 0 fully saturated rings. The summed E-state index contributed by atoms with van der Waals surface area (Å²) in [5, 5.41) is -0.0836. The highest BCUT2D eigenvalue weighted by molar-refractivity contribution is 6.31. The summed E-state index contributed by atoms with van der Waals surface area (Å²) in [6.45, 7) is 0. The molecule has 0 aliphatic heterocycles. The Labute approximate surface area is 89.9 Å². The van der Waals surface area contributed by atoms with Gasteiger partial charge < -0.3 is 0 Å². The maximum absolute atomic E-state index is 12.9.